The Morgan fingerprint density at radius 1 is 1.38 bits per heavy atom. The molecule has 0 aromatic carbocycles. The Morgan fingerprint density at radius 2 is 2.00 bits per heavy atom. The highest BCUT2D eigenvalue weighted by Gasteiger charge is 2.15. The van der Waals surface area contributed by atoms with E-state index in [0.717, 1.165) is 19.7 Å². The van der Waals surface area contributed by atoms with Crippen LogP contribution in [-0.4, -0.2) is 51.8 Å². The van der Waals surface area contributed by atoms with Crippen molar-refractivity contribution in [3.63, 3.8) is 0 Å². The van der Waals surface area contributed by atoms with E-state index < -0.39 is 0 Å². The maximum absolute atomic E-state index is 5.05. The first kappa shape index (κ1) is 12.9. The number of nitrogens with one attached hydrogen (secondary N) is 1. The van der Waals surface area contributed by atoms with Gasteiger partial charge in [-0.3, -0.25) is 0 Å². The summed E-state index contributed by atoms with van der Waals surface area (Å²) in [6, 6.07) is 0.600. The molecule has 0 bridgehead atoms. The van der Waals surface area contributed by atoms with Crippen molar-refractivity contribution < 1.29 is 4.74 Å². The summed E-state index contributed by atoms with van der Waals surface area (Å²) in [6.07, 6.45) is 0. The van der Waals surface area contributed by atoms with Crippen LogP contribution in [0, 0.1) is 5.92 Å². The van der Waals surface area contributed by atoms with Crippen LogP contribution in [0.15, 0.2) is 0 Å². The second-order valence-electron chi connectivity index (χ2n) is 3.75. The molecule has 0 radical (unpaired) electrons. The van der Waals surface area contributed by atoms with E-state index in [0.29, 0.717) is 12.0 Å². The van der Waals surface area contributed by atoms with Crippen molar-refractivity contribution >= 4 is 0 Å². The van der Waals surface area contributed by atoms with Gasteiger partial charge in [0.25, 0.3) is 0 Å². The maximum Gasteiger partial charge on any atom is 0.0589 e. The van der Waals surface area contributed by atoms with Gasteiger partial charge in [0.1, 0.15) is 0 Å². The third kappa shape index (κ3) is 5.24. The van der Waals surface area contributed by atoms with Crippen LogP contribution in [0.4, 0.5) is 0 Å². The van der Waals surface area contributed by atoms with E-state index in [1.54, 1.807) is 7.11 Å². The number of methoxy groups -OCH3 is 1. The molecule has 0 aromatic rings. The van der Waals surface area contributed by atoms with E-state index >= 15 is 0 Å². The molecule has 2 atom stereocenters. The third-order valence-electron chi connectivity index (χ3n) is 2.69. The van der Waals surface area contributed by atoms with Gasteiger partial charge in [-0.2, -0.15) is 0 Å². The Morgan fingerprint density at radius 3 is 2.46 bits per heavy atom. The molecular weight excluding hydrogens is 164 g/mol. The lowest BCUT2D eigenvalue weighted by molar-refractivity contribution is 0.125. The lowest BCUT2D eigenvalue weighted by atomic mass is 10.0. The van der Waals surface area contributed by atoms with Crippen molar-refractivity contribution in [3.8, 4) is 0 Å². The fourth-order valence-corrected chi connectivity index (χ4v) is 1.37. The minimum absolute atomic E-state index is 0.600. The predicted molar refractivity (Wildman–Crippen MR) is 57.1 cm³/mol. The van der Waals surface area contributed by atoms with Crippen LogP contribution in [0.3, 0.4) is 0 Å². The Hall–Kier alpha value is -0.120. The fourth-order valence-electron chi connectivity index (χ4n) is 1.37. The monoisotopic (exact) mass is 188 g/mol. The van der Waals surface area contributed by atoms with Crippen molar-refractivity contribution in [1.29, 1.82) is 0 Å². The van der Waals surface area contributed by atoms with Crippen LogP contribution in [-0.2, 0) is 4.74 Å². The molecule has 0 heterocycles. The van der Waals surface area contributed by atoms with Gasteiger partial charge in [-0.05, 0) is 33.5 Å². The molecule has 13 heavy (non-hydrogen) atoms. The zero-order valence-corrected chi connectivity index (χ0v) is 9.63. The molecule has 0 aliphatic carbocycles. The Balaban J connectivity index is 3.71. The highest BCUT2D eigenvalue weighted by Crippen LogP contribution is 2.07. The first-order chi connectivity index (χ1) is 6.13. The Bertz CT molecular complexity index is 119. The minimum Gasteiger partial charge on any atom is -0.383 e. The van der Waals surface area contributed by atoms with Crippen LogP contribution in [0.5, 0.6) is 0 Å². The fraction of sp³-hybridized carbons (Fsp3) is 1.00. The van der Waals surface area contributed by atoms with E-state index in [2.05, 4.69) is 31.1 Å². The molecule has 0 spiro atoms. The van der Waals surface area contributed by atoms with E-state index in [4.69, 9.17) is 4.74 Å². The van der Waals surface area contributed by atoms with Crippen LogP contribution in [0.25, 0.3) is 0 Å². The molecule has 0 aliphatic rings. The first-order valence-electron chi connectivity index (χ1n) is 4.97. The van der Waals surface area contributed by atoms with Gasteiger partial charge in [-0.15, -0.1) is 0 Å². The average molecular weight is 188 g/mol. The van der Waals surface area contributed by atoms with Crippen molar-refractivity contribution in [2.24, 2.45) is 5.92 Å². The normalized spacial score (nSPS) is 16.2. The molecule has 0 fully saturated rings. The molecule has 0 aromatic heterocycles. The number of rotatable bonds is 7. The van der Waals surface area contributed by atoms with E-state index in [9.17, 15) is 0 Å². The van der Waals surface area contributed by atoms with Crippen molar-refractivity contribution in [3.05, 3.63) is 0 Å². The standard InChI is InChI=1S/C10H24N2O/c1-9(8-11-3)10(2)12(4)6-7-13-5/h9-11H,6-8H2,1-5H3. The predicted octanol–water partition coefficient (Wildman–Crippen LogP) is 0.809. The van der Waals surface area contributed by atoms with E-state index in [-0.39, 0.29) is 0 Å². The SMILES string of the molecule is CNCC(C)C(C)N(C)CCOC. The Labute approximate surface area is 82.4 Å². The molecule has 0 aliphatic heterocycles. The highest BCUT2D eigenvalue weighted by atomic mass is 16.5. The maximum atomic E-state index is 5.05. The molecule has 0 rings (SSSR count). The summed E-state index contributed by atoms with van der Waals surface area (Å²) >= 11 is 0. The highest BCUT2D eigenvalue weighted by molar-refractivity contribution is 4.71. The van der Waals surface area contributed by atoms with E-state index in [1.807, 2.05) is 7.05 Å². The summed E-state index contributed by atoms with van der Waals surface area (Å²) in [7, 11) is 5.89. The molecule has 3 heteroatoms. The van der Waals surface area contributed by atoms with Crippen molar-refractivity contribution in [2.45, 2.75) is 19.9 Å². The van der Waals surface area contributed by atoms with Crippen molar-refractivity contribution in [1.82, 2.24) is 10.2 Å². The van der Waals surface area contributed by atoms with Crippen LogP contribution >= 0.6 is 0 Å². The summed E-state index contributed by atoms with van der Waals surface area (Å²) in [5.74, 6) is 0.673. The number of hydrogen-bond acceptors (Lipinski definition) is 3. The summed E-state index contributed by atoms with van der Waals surface area (Å²) in [5, 5.41) is 3.20. The van der Waals surface area contributed by atoms with Crippen LogP contribution < -0.4 is 5.32 Å². The van der Waals surface area contributed by atoms with Gasteiger partial charge in [0.05, 0.1) is 6.61 Å². The zero-order chi connectivity index (χ0) is 10.3. The summed E-state index contributed by atoms with van der Waals surface area (Å²) < 4.78 is 5.05. The first-order valence-corrected chi connectivity index (χ1v) is 4.97. The molecule has 80 valence electrons. The van der Waals surface area contributed by atoms with Gasteiger partial charge < -0.3 is 15.0 Å². The van der Waals surface area contributed by atoms with Gasteiger partial charge in [-0.25, -0.2) is 0 Å². The summed E-state index contributed by atoms with van der Waals surface area (Å²) in [4.78, 5) is 2.34. The van der Waals surface area contributed by atoms with Gasteiger partial charge in [0.15, 0.2) is 0 Å². The van der Waals surface area contributed by atoms with Crippen LogP contribution in [0.2, 0.25) is 0 Å². The largest absolute Gasteiger partial charge is 0.383 e. The van der Waals surface area contributed by atoms with Gasteiger partial charge in [0, 0.05) is 19.7 Å². The second kappa shape index (κ2) is 7.30. The Kier molecular flexibility index (Phi) is 7.23. The molecule has 2 unspecified atom stereocenters. The number of hydrogen-bond donors (Lipinski definition) is 1. The number of likely N-dealkylation sites (N-methyl/N-ethyl adjacent to an activating group) is 1. The molecule has 3 nitrogen and oxygen atoms in total. The third-order valence-corrected chi connectivity index (χ3v) is 2.69. The molecule has 1 N–H and O–H groups in total. The lowest BCUT2D eigenvalue weighted by Gasteiger charge is -2.29. The topological polar surface area (TPSA) is 24.5 Å². The quantitative estimate of drug-likeness (QED) is 0.640. The van der Waals surface area contributed by atoms with Crippen molar-refractivity contribution in [2.75, 3.05) is 40.9 Å². The minimum atomic E-state index is 0.600. The van der Waals surface area contributed by atoms with Gasteiger partial charge in [-0.1, -0.05) is 6.92 Å². The van der Waals surface area contributed by atoms with E-state index in [1.165, 1.54) is 0 Å². The van der Waals surface area contributed by atoms with Gasteiger partial charge >= 0.3 is 0 Å². The number of nitrogens with zero attached hydrogens (tertiary/aromatic N) is 1. The average Bonchev–Trinajstić information content (AvgIpc) is 2.13. The molecular formula is C10H24N2O. The zero-order valence-electron chi connectivity index (χ0n) is 9.63. The lowest BCUT2D eigenvalue weighted by Crippen LogP contribution is -2.39. The smallest absolute Gasteiger partial charge is 0.0589 e. The summed E-state index contributed by atoms with van der Waals surface area (Å²) in [6.45, 7) is 7.42. The molecule has 0 amide bonds. The van der Waals surface area contributed by atoms with Gasteiger partial charge in [0.2, 0.25) is 0 Å². The summed E-state index contributed by atoms with van der Waals surface area (Å²) in [5.41, 5.74) is 0. The number of ether oxygens (including phenoxy) is 1. The molecule has 0 saturated heterocycles. The second-order valence-corrected chi connectivity index (χ2v) is 3.75. The molecule has 0 saturated carbocycles. The van der Waals surface area contributed by atoms with Crippen LogP contribution in [0.1, 0.15) is 13.8 Å².